The number of hydrogen-bond donors (Lipinski definition) is 2. The molecule has 0 unspecified atom stereocenters. The molecule has 1 aliphatic heterocycles. The number of pyridine rings is 1. The summed E-state index contributed by atoms with van der Waals surface area (Å²) in [6.07, 6.45) is 1.81. The van der Waals surface area contributed by atoms with Gasteiger partial charge in [0, 0.05) is 56.4 Å². The third-order valence-corrected chi connectivity index (χ3v) is 6.59. The van der Waals surface area contributed by atoms with E-state index in [0.717, 1.165) is 41.2 Å². The molecule has 11 heteroatoms. The van der Waals surface area contributed by atoms with Gasteiger partial charge in [0.1, 0.15) is 18.1 Å². The highest BCUT2D eigenvalue weighted by Crippen LogP contribution is 2.26. The normalized spacial score (nSPS) is 13.8. The Labute approximate surface area is 242 Å². The van der Waals surface area contributed by atoms with Crippen molar-refractivity contribution in [2.24, 2.45) is 0 Å². The molecular weight excluding hydrogens is 526 g/mol. The smallest absolute Gasteiger partial charge is 0.270 e. The molecule has 41 heavy (non-hydrogen) atoms. The Hall–Kier alpha value is -3.38. The number of anilines is 2. The Morgan fingerprint density at radius 2 is 1.61 bits per heavy atom. The summed E-state index contributed by atoms with van der Waals surface area (Å²) in [7, 11) is 1.65. The molecule has 0 bridgehead atoms. The number of aromatic amines is 1. The second kappa shape index (κ2) is 16.2. The molecule has 1 fully saturated rings. The fraction of sp³-hybridized carbons (Fsp3) is 0.533. The predicted molar refractivity (Wildman–Crippen MR) is 159 cm³/mol. The van der Waals surface area contributed by atoms with Crippen LogP contribution in [-0.2, 0) is 18.9 Å². The Morgan fingerprint density at radius 1 is 0.927 bits per heavy atom. The fourth-order valence-corrected chi connectivity index (χ4v) is 4.58. The van der Waals surface area contributed by atoms with Crippen LogP contribution >= 0.6 is 0 Å². The highest BCUT2D eigenvalue weighted by Gasteiger charge is 2.25. The zero-order valence-electron chi connectivity index (χ0n) is 24.4. The maximum atomic E-state index is 13.3. The summed E-state index contributed by atoms with van der Waals surface area (Å²) in [4.78, 5) is 25.3. The minimum atomic E-state index is 0.00188. The monoisotopic (exact) mass is 569 g/mol. The van der Waals surface area contributed by atoms with Gasteiger partial charge in [0.25, 0.3) is 5.91 Å². The fourth-order valence-electron chi connectivity index (χ4n) is 4.58. The molecule has 0 aliphatic carbocycles. The van der Waals surface area contributed by atoms with Crippen LogP contribution in [0.25, 0.3) is 10.9 Å². The van der Waals surface area contributed by atoms with E-state index in [4.69, 9.17) is 23.7 Å². The van der Waals surface area contributed by atoms with Crippen molar-refractivity contribution in [2.45, 2.75) is 19.9 Å². The third-order valence-electron chi connectivity index (χ3n) is 6.59. The number of ether oxygens (including phenoxy) is 5. The van der Waals surface area contributed by atoms with Crippen LogP contribution in [0, 0.1) is 0 Å². The van der Waals surface area contributed by atoms with Crippen molar-refractivity contribution in [2.75, 3.05) is 96.4 Å². The van der Waals surface area contributed by atoms with Crippen molar-refractivity contribution in [1.82, 2.24) is 14.9 Å². The first-order valence-corrected chi connectivity index (χ1v) is 14.3. The molecule has 0 spiro atoms. The maximum absolute atomic E-state index is 13.3. The topological polar surface area (TPSA) is 110 Å². The number of carbonyl (C=O) groups excluding carboxylic acids is 1. The van der Waals surface area contributed by atoms with Crippen molar-refractivity contribution < 1.29 is 28.5 Å². The third kappa shape index (κ3) is 9.32. The maximum Gasteiger partial charge on any atom is 0.270 e. The molecule has 0 saturated carbocycles. The van der Waals surface area contributed by atoms with Gasteiger partial charge in [-0.05, 0) is 50.2 Å². The number of amides is 1. The van der Waals surface area contributed by atoms with E-state index in [0.29, 0.717) is 77.7 Å². The average Bonchev–Trinajstić information content (AvgIpc) is 3.41. The molecule has 224 valence electrons. The van der Waals surface area contributed by atoms with Crippen LogP contribution in [0.4, 0.5) is 11.5 Å². The summed E-state index contributed by atoms with van der Waals surface area (Å²) < 4.78 is 27.1. The molecule has 3 heterocycles. The van der Waals surface area contributed by atoms with Gasteiger partial charge >= 0.3 is 0 Å². The zero-order valence-corrected chi connectivity index (χ0v) is 24.4. The van der Waals surface area contributed by atoms with Gasteiger partial charge in [-0.2, -0.15) is 0 Å². The van der Waals surface area contributed by atoms with Crippen LogP contribution < -0.4 is 15.0 Å². The van der Waals surface area contributed by atoms with E-state index in [2.05, 4.69) is 40.1 Å². The van der Waals surface area contributed by atoms with Crippen LogP contribution in [0.15, 0.2) is 42.6 Å². The molecule has 2 N–H and O–H groups in total. The molecule has 0 radical (unpaired) electrons. The molecule has 4 rings (SSSR count). The lowest BCUT2D eigenvalue weighted by atomic mass is 10.2. The second-order valence-corrected chi connectivity index (χ2v) is 10.1. The van der Waals surface area contributed by atoms with Gasteiger partial charge in [-0.3, -0.25) is 4.79 Å². The summed E-state index contributed by atoms with van der Waals surface area (Å²) in [5.41, 5.74) is 2.50. The number of rotatable bonds is 17. The van der Waals surface area contributed by atoms with E-state index in [1.165, 1.54) is 0 Å². The number of hydrogen-bond acceptors (Lipinski definition) is 9. The number of benzene rings is 1. The van der Waals surface area contributed by atoms with Crippen molar-refractivity contribution in [3.63, 3.8) is 0 Å². The number of methoxy groups -OCH3 is 1. The summed E-state index contributed by atoms with van der Waals surface area (Å²) >= 11 is 0. The van der Waals surface area contributed by atoms with E-state index in [9.17, 15) is 4.79 Å². The van der Waals surface area contributed by atoms with Gasteiger partial charge in [-0.15, -0.1) is 0 Å². The van der Waals surface area contributed by atoms with E-state index in [-0.39, 0.29) is 5.91 Å². The highest BCUT2D eigenvalue weighted by molar-refractivity contribution is 5.98. The minimum Gasteiger partial charge on any atom is -0.491 e. The zero-order chi connectivity index (χ0) is 28.9. The molecule has 1 saturated heterocycles. The molecule has 2 aromatic heterocycles. The number of aromatic nitrogens is 2. The lowest BCUT2D eigenvalue weighted by Gasteiger charge is -2.36. The van der Waals surface area contributed by atoms with Crippen LogP contribution in [0.2, 0.25) is 0 Å². The summed E-state index contributed by atoms with van der Waals surface area (Å²) in [6.45, 7) is 11.1. The Bertz CT molecular complexity index is 1210. The van der Waals surface area contributed by atoms with E-state index in [1.54, 1.807) is 7.11 Å². The van der Waals surface area contributed by atoms with Gasteiger partial charge in [-0.25, -0.2) is 4.98 Å². The second-order valence-electron chi connectivity index (χ2n) is 10.1. The van der Waals surface area contributed by atoms with Crippen molar-refractivity contribution >= 4 is 28.3 Å². The average molecular weight is 570 g/mol. The molecule has 11 nitrogen and oxygen atoms in total. The predicted octanol–water partition coefficient (Wildman–Crippen LogP) is 3.42. The summed E-state index contributed by atoms with van der Waals surface area (Å²) in [6, 6.07) is 12.0. The first-order valence-electron chi connectivity index (χ1n) is 14.3. The number of nitrogens with one attached hydrogen (secondary N) is 2. The number of carbonyl (C=O) groups is 1. The first-order chi connectivity index (χ1) is 20.0. The van der Waals surface area contributed by atoms with Crippen molar-refractivity contribution in [1.29, 1.82) is 0 Å². The SMILES string of the molecule is COCCOCCOCCOCCOc1ccc2[nH]c(C(=O)N3CCN(c4ncccc4NC(C)C)CC3)cc2c1. The van der Waals surface area contributed by atoms with Crippen molar-refractivity contribution in [3.05, 3.63) is 48.3 Å². The standard InChI is InChI=1S/C30H43N5O6/c1-23(2)32-27-5-4-8-31-29(27)34-9-11-35(12-10-34)30(36)28-22-24-21-25(6-7-26(24)33-28)41-20-19-40-18-17-39-16-15-38-14-13-37-3/h4-8,21-23,32-33H,9-20H2,1-3H3. The number of fused-ring (bicyclic) bond motifs is 1. The Morgan fingerprint density at radius 3 is 2.29 bits per heavy atom. The molecule has 1 aromatic carbocycles. The summed E-state index contributed by atoms with van der Waals surface area (Å²) in [5, 5.41) is 4.40. The first kappa shape index (κ1) is 30.6. The van der Waals surface area contributed by atoms with Crippen molar-refractivity contribution in [3.8, 4) is 5.75 Å². The number of H-pyrrole nitrogens is 1. The molecule has 1 amide bonds. The van der Waals surface area contributed by atoms with Gasteiger partial charge in [0.05, 0.1) is 51.9 Å². The quantitative estimate of drug-likeness (QED) is 0.236. The number of nitrogens with zero attached hydrogens (tertiary/aromatic N) is 3. The highest BCUT2D eigenvalue weighted by atomic mass is 16.6. The van der Waals surface area contributed by atoms with E-state index in [1.807, 2.05) is 41.4 Å². The number of piperazine rings is 1. The lowest BCUT2D eigenvalue weighted by Crippen LogP contribution is -2.49. The van der Waals surface area contributed by atoms with Crippen LogP contribution in [0.5, 0.6) is 5.75 Å². The Balaban J connectivity index is 1.18. The molecule has 1 aliphatic rings. The van der Waals surface area contributed by atoms with Crippen LogP contribution in [0.3, 0.4) is 0 Å². The summed E-state index contributed by atoms with van der Waals surface area (Å²) in [5.74, 6) is 1.67. The molecule has 3 aromatic rings. The van der Waals surface area contributed by atoms with E-state index >= 15 is 0 Å². The van der Waals surface area contributed by atoms with Gasteiger partial charge in [-0.1, -0.05) is 0 Å². The molecular formula is C30H43N5O6. The van der Waals surface area contributed by atoms with Gasteiger partial charge in [0.15, 0.2) is 5.82 Å². The minimum absolute atomic E-state index is 0.00188. The lowest BCUT2D eigenvalue weighted by molar-refractivity contribution is 0.000169. The van der Waals surface area contributed by atoms with Gasteiger partial charge in [0.2, 0.25) is 0 Å². The van der Waals surface area contributed by atoms with Crippen LogP contribution in [0.1, 0.15) is 24.3 Å². The van der Waals surface area contributed by atoms with Crippen LogP contribution in [-0.4, -0.2) is 113 Å². The molecule has 0 atom stereocenters. The van der Waals surface area contributed by atoms with Gasteiger partial charge < -0.3 is 43.8 Å². The largest absolute Gasteiger partial charge is 0.491 e. The van der Waals surface area contributed by atoms with E-state index < -0.39 is 0 Å². The Kier molecular flexibility index (Phi) is 12.1.